The second kappa shape index (κ2) is 9.57. The van der Waals surface area contributed by atoms with Crippen molar-refractivity contribution in [3.63, 3.8) is 0 Å². The van der Waals surface area contributed by atoms with E-state index in [2.05, 4.69) is 15.4 Å². The third kappa shape index (κ3) is 5.69. The number of anilines is 1. The number of hydrogen-bond acceptors (Lipinski definition) is 6. The number of nitrogens with zero attached hydrogens (tertiary/aromatic N) is 1. The molecular weight excluding hydrogens is 402 g/mol. The summed E-state index contributed by atoms with van der Waals surface area (Å²) in [5, 5.41) is 5.12. The van der Waals surface area contributed by atoms with Crippen molar-refractivity contribution >= 4 is 35.6 Å². The molecule has 0 spiro atoms. The molecule has 0 aliphatic carbocycles. The highest BCUT2D eigenvalue weighted by Gasteiger charge is 2.34. The summed E-state index contributed by atoms with van der Waals surface area (Å²) >= 11 is 0. The number of esters is 1. The molecule has 1 aliphatic heterocycles. The largest absolute Gasteiger partial charge is 0.482 e. The molecule has 2 aromatic rings. The van der Waals surface area contributed by atoms with Gasteiger partial charge in [-0.1, -0.05) is 29.8 Å². The molecule has 0 radical (unpaired) electrons. The summed E-state index contributed by atoms with van der Waals surface area (Å²) in [5.41, 5.74) is 2.30. The highest BCUT2D eigenvalue weighted by molar-refractivity contribution is 6.15. The van der Waals surface area contributed by atoms with Gasteiger partial charge in [-0.3, -0.25) is 9.59 Å². The molecule has 1 fully saturated rings. The number of imide groups is 1. The Kier molecular flexibility index (Phi) is 6.66. The van der Waals surface area contributed by atoms with Gasteiger partial charge in [-0.25, -0.2) is 14.5 Å². The maximum Gasteiger partial charge on any atom is 0.343 e. The van der Waals surface area contributed by atoms with E-state index in [9.17, 15) is 19.2 Å². The van der Waals surface area contributed by atoms with Crippen LogP contribution < -0.4 is 15.4 Å². The molecule has 2 N–H and O–H groups in total. The summed E-state index contributed by atoms with van der Waals surface area (Å²) in [6.07, 6.45) is 1.49. The third-order valence-corrected chi connectivity index (χ3v) is 4.37. The lowest BCUT2D eigenvalue weighted by molar-refractivity contribution is -0.142. The summed E-state index contributed by atoms with van der Waals surface area (Å²) < 4.78 is 9.75. The maximum absolute atomic E-state index is 12.5. The van der Waals surface area contributed by atoms with Crippen LogP contribution >= 0.6 is 0 Å². The van der Waals surface area contributed by atoms with Crippen LogP contribution in [0.25, 0.3) is 6.08 Å². The molecule has 0 unspecified atom stereocenters. The average Bonchev–Trinajstić information content (AvgIpc) is 3.02. The first kappa shape index (κ1) is 21.6. The quantitative estimate of drug-likeness (QED) is 0.400. The number of amides is 4. The van der Waals surface area contributed by atoms with Crippen LogP contribution in [0.4, 0.5) is 10.5 Å². The molecule has 160 valence electrons. The summed E-state index contributed by atoms with van der Waals surface area (Å²) in [6.45, 7) is 1.30. The molecule has 31 heavy (non-hydrogen) atoms. The van der Waals surface area contributed by atoms with Gasteiger partial charge in [0.15, 0.2) is 6.61 Å². The van der Waals surface area contributed by atoms with Crippen LogP contribution in [0.15, 0.2) is 54.2 Å². The molecule has 9 nitrogen and oxygen atoms in total. The van der Waals surface area contributed by atoms with E-state index in [0.717, 1.165) is 10.5 Å². The third-order valence-electron chi connectivity index (χ3n) is 4.37. The molecule has 9 heteroatoms. The van der Waals surface area contributed by atoms with E-state index in [0.29, 0.717) is 17.0 Å². The van der Waals surface area contributed by atoms with Gasteiger partial charge in [0.1, 0.15) is 18.0 Å². The highest BCUT2D eigenvalue weighted by atomic mass is 16.6. The normalized spacial score (nSPS) is 14.4. The molecule has 1 aliphatic rings. The van der Waals surface area contributed by atoms with Crippen molar-refractivity contribution in [3.05, 3.63) is 65.4 Å². The fourth-order valence-electron chi connectivity index (χ4n) is 2.72. The van der Waals surface area contributed by atoms with Gasteiger partial charge in [0.25, 0.3) is 5.91 Å². The predicted octanol–water partition coefficient (Wildman–Crippen LogP) is 2.08. The van der Waals surface area contributed by atoms with Gasteiger partial charge in [-0.2, -0.15) is 0 Å². The van der Waals surface area contributed by atoms with Gasteiger partial charge < -0.3 is 20.1 Å². The first-order valence-electron chi connectivity index (χ1n) is 9.36. The van der Waals surface area contributed by atoms with Crippen LogP contribution in [0.2, 0.25) is 0 Å². The van der Waals surface area contributed by atoms with E-state index in [-0.39, 0.29) is 12.3 Å². The van der Waals surface area contributed by atoms with Crippen LogP contribution in [-0.4, -0.2) is 49.0 Å². The van der Waals surface area contributed by atoms with Gasteiger partial charge in [0, 0.05) is 5.69 Å². The number of ether oxygens (including phenoxy) is 2. The van der Waals surface area contributed by atoms with E-state index >= 15 is 0 Å². The number of urea groups is 1. The average molecular weight is 423 g/mol. The zero-order valence-electron chi connectivity index (χ0n) is 17.0. The minimum atomic E-state index is -0.673. The van der Waals surface area contributed by atoms with E-state index in [4.69, 9.17) is 4.74 Å². The van der Waals surface area contributed by atoms with Crippen molar-refractivity contribution in [2.45, 2.75) is 6.92 Å². The Balaban J connectivity index is 1.61. The summed E-state index contributed by atoms with van der Waals surface area (Å²) in [6, 6.07) is 13.0. The fourth-order valence-corrected chi connectivity index (χ4v) is 2.72. The van der Waals surface area contributed by atoms with E-state index in [1.807, 2.05) is 19.1 Å². The minimum Gasteiger partial charge on any atom is -0.482 e. The lowest BCUT2D eigenvalue weighted by Gasteiger charge is -2.12. The molecule has 0 aromatic heterocycles. The van der Waals surface area contributed by atoms with Gasteiger partial charge in [-0.05, 0) is 42.8 Å². The van der Waals surface area contributed by atoms with Crippen molar-refractivity contribution in [2.75, 3.05) is 25.6 Å². The van der Waals surface area contributed by atoms with Crippen LogP contribution in [0.3, 0.4) is 0 Å². The van der Waals surface area contributed by atoms with Gasteiger partial charge in [0.2, 0.25) is 5.91 Å². The Hall–Kier alpha value is -4.14. The van der Waals surface area contributed by atoms with Crippen molar-refractivity contribution in [1.82, 2.24) is 10.2 Å². The Morgan fingerprint density at radius 3 is 2.39 bits per heavy atom. The van der Waals surface area contributed by atoms with E-state index in [1.54, 1.807) is 36.4 Å². The second-order valence-electron chi connectivity index (χ2n) is 6.73. The maximum atomic E-state index is 12.5. The van der Waals surface area contributed by atoms with E-state index in [1.165, 1.54) is 13.2 Å². The number of aryl methyl sites for hydroxylation is 1. The lowest BCUT2D eigenvalue weighted by Crippen LogP contribution is -2.38. The zero-order valence-corrected chi connectivity index (χ0v) is 17.0. The first-order valence-corrected chi connectivity index (χ1v) is 9.36. The number of nitrogens with one attached hydrogen (secondary N) is 2. The minimum absolute atomic E-state index is 0.0522. The predicted molar refractivity (Wildman–Crippen MR) is 112 cm³/mol. The Labute approximate surface area is 178 Å². The number of carbonyl (C=O) groups excluding carboxylic acids is 4. The molecule has 1 saturated heterocycles. The molecule has 0 atom stereocenters. The fraction of sp³-hybridized carbons (Fsp3) is 0.182. The molecule has 2 aromatic carbocycles. The van der Waals surface area contributed by atoms with Gasteiger partial charge in [-0.15, -0.1) is 0 Å². The molecule has 3 rings (SSSR count). The van der Waals surface area contributed by atoms with Crippen LogP contribution in [0.5, 0.6) is 5.75 Å². The SMILES string of the molecule is COC(=O)COc1ccc(/C=C2/NC(=O)N(CC(=O)Nc3ccc(C)cc3)C2=O)cc1. The van der Waals surface area contributed by atoms with Crippen molar-refractivity contribution in [1.29, 1.82) is 0 Å². The van der Waals surface area contributed by atoms with Crippen LogP contribution in [0.1, 0.15) is 11.1 Å². The summed E-state index contributed by atoms with van der Waals surface area (Å²) in [7, 11) is 1.27. The van der Waals surface area contributed by atoms with Crippen molar-refractivity contribution in [3.8, 4) is 5.75 Å². The second-order valence-corrected chi connectivity index (χ2v) is 6.73. The highest BCUT2D eigenvalue weighted by Crippen LogP contribution is 2.18. The zero-order chi connectivity index (χ0) is 22.4. The number of hydrogen-bond donors (Lipinski definition) is 2. The Morgan fingerprint density at radius 1 is 1.06 bits per heavy atom. The summed E-state index contributed by atoms with van der Waals surface area (Å²) in [5.74, 6) is -1.14. The standard InChI is InChI=1S/C22H21N3O6/c1-14-3-7-16(8-4-14)23-19(26)12-25-21(28)18(24-22(25)29)11-15-5-9-17(10-6-15)31-13-20(27)30-2/h3-11H,12-13H2,1-2H3,(H,23,26)(H,24,29)/b18-11+. The molecular formula is C22H21N3O6. The van der Waals surface area contributed by atoms with Crippen molar-refractivity contribution < 1.29 is 28.7 Å². The van der Waals surface area contributed by atoms with Crippen LogP contribution in [-0.2, 0) is 19.1 Å². The first-order chi connectivity index (χ1) is 14.9. The molecule has 0 bridgehead atoms. The number of rotatable bonds is 7. The van der Waals surface area contributed by atoms with Crippen LogP contribution in [0, 0.1) is 6.92 Å². The van der Waals surface area contributed by atoms with Gasteiger partial charge >= 0.3 is 12.0 Å². The lowest BCUT2D eigenvalue weighted by atomic mass is 10.2. The molecule has 1 heterocycles. The summed E-state index contributed by atoms with van der Waals surface area (Å²) in [4.78, 5) is 48.9. The monoisotopic (exact) mass is 423 g/mol. The Bertz CT molecular complexity index is 1030. The number of methoxy groups -OCH3 is 1. The topological polar surface area (TPSA) is 114 Å². The van der Waals surface area contributed by atoms with Gasteiger partial charge in [0.05, 0.1) is 7.11 Å². The molecule has 0 saturated carbocycles. The molecule has 4 amide bonds. The van der Waals surface area contributed by atoms with E-state index < -0.39 is 30.4 Å². The van der Waals surface area contributed by atoms with Crippen molar-refractivity contribution in [2.24, 2.45) is 0 Å². The Morgan fingerprint density at radius 2 is 1.74 bits per heavy atom. The smallest absolute Gasteiger partial charge is 0.343 e. The number of carbonyl (C=O) groups is 4. The number of benzene rings is 2.